The zero-order chi connectivity index (χ0) is 20.1. The Bertz CT molecular complexity index is 816. The Balaban J connectivity index is 1.34. The SMILES string of the molecule is O=C(CN(Cc1cccs1)CC1CCCO1)Nc1ccc(N2CCCC2=O)cc1. The zero-order valence-corrected chi connectivity index (χ0v) is 17.3. The van der Waals surface area contributed by atoms with Gasteiger partial charge in [-0.15, -0.1) is 11.3 Å². The van der Waals surface area contributed by atoms with Crippen LogP contribution < -0.4 is 10.2 Å². The van der Waals surface area contributed by atoms with Crippen LogP contribution in [0.1, 0.15) is 30.6 Å². The average molecular weight is 414 g/mol. The molecule has 2 aliphatic heterocycles. The summed E-state index contributed by atoms with van der Waals surface area (Å²) in [4.78, 5) is 29.7. The Hall–Kier alpha value is -2.22. The van der Waals surface area contributed by atoms with Crippen LogP contribution in [0.4, 0.5) is 11.4 Å². The first-order valence-corrected chi connectivity index (χ1v) is 11.1. The van der Waals surface area contributed by atoms with E-state index in [1.165, 1.54) is 4.88 Å². The van der Waals surface area contributed by atoms with Crippen molar-refractivity contribution in [3.8, 4) is 0 Å². The lowest BCUT2D eigenvalue weighted by Gasteiger charge is -2.24. The van der Waals surface area contributed by atoms with Crippen LogP contribution in [0.3, 0.4) is 0 Å². The first kappa shape index (κ1) is 20.1. The molecular weight excluding hydrogens is 386 g/mol. The summed E-state index contributed by atoms with van der Waals surface area (Å²) in [5.41, 5.74) is 1.64. The van der Waals surface area contributed by atoms with Crippen molar-refractivity contribution >= 4 is 34.5 Å². The average Bonchev–Trinajstić information content (AvgIpc) is 3.46. The molecule has 2 aliphatic rings. The van der Waals surface area contributed by atoms with E-state index in [2.05, 4.69) is 21.7 Å². The number of nitrogens with one attached hydrogen (secondary N) is 1. The smallest absolute Gasteiger partial charge is 0.238 e. The van der Waals surface area contributed by atoms with Gasteiger partial charge >= 0.3 is 0 Å². The molecule has 2 saturated heterocycles. The molecule has 154 valence electrons. The monoisotopic (exact) mass is 413 g/mol. The fraction of sp³-hybridized carbons (Fsp3) is 0.455. The Morgan fingerprint density at radius 1 is 1.24 bits per heavy atom. The number of rotatable bonds is 8. The lowest BCUT2D eigenvalue weighted by Crippen LogP contribution is -2.37. The van der Waals surface area contributed by atoms with Crippen molar-refractivity contribution < 1.29 is 14.3 Å². The van der Waals surface area contributed by atoms with E-state index >= 15 is 0 Å². The molecule has 2 fully saturated rings. The van der Waals surface area contributed by atoms with Crippen LogP contribution in [-0.2, 0) is 20.9 Å². The molecule has 0 aliphatic carbocycles. The number of benzene rings is 1. The molecule has 29 heavy (non-hydrogen) atoms. The maximum absolute atomic E-state index is 12.7. The van der Waals surface area contributed by atoms with Gasteiger partial charge in [-0.1, -0.05) is 6.07 Å². The Morgan fingerprint density at radius 3 is 2.76 bits per heavy atom. The van der Waals surface area contributed by atoms with Crippen LogP contribution in [0, 0.1) is 0 Å². The highest BCUT2D eigenvalue weighted by Gasteiger charge is 2.23. The summed E-state index contributed by atoms with van der Waals surface area (Å²) >= 11 is 1.71. The summed E-state index contributed by atoms with van der Waals surface area (Å²) in [5, 5.41) is 5.05. The second-order valence-electron chi connectivity index (χ2n) is 7.63. The highest BCUT2D eigenvalue weighted by atomic mass is 32.1. The lowest BCUT2D eigenvalue weighted by molar-refractivity contribution is -0.118. The number of anilines is 2. The second kappa shape index (κ2) is 9.52. The number of thiophene rings is 1. The highest BCUT2D eigenvalue weighted by molar-refractivity contribution is 7.09. The molecule has 1 atom stereocenters. The normalized spacial score (nSPS) is 19.3. The topological polar surface area (TPSA) is 61.9 Å². The molecule has 1 aromatic heterocycles. The number of ether oxygens (including phenoxy) is 1. The van der Waals surface area contributed by atoms with Crippen molar-refractivity contribution in [1.29, 1.82) is 0 Å². The molecule has 4 rings (SSSR count). The maximum Gasteiger partial charge on any atom is 0.238 e. The van der Waals surface area contributed by atoms with Gasteiger partial charge in [0.15, 0.2) is 0 Å². The third kappa shape index (κ3) is 5.44. The van der Waals surface area contributed by atoms with Crippen LogP contribution in [0.5, 0.6) is 0 Å². The quantitative estimate of drug-likeness (QED) is 0.720. The molecule has 1 unspecified atom stereocenters. The molecule has 0 saturated carbocycles. The van der Waals surface area contributed by atoms with Gasteiger partial charge in [-0.3, -0.25) is 14.5 Å². The van der Waals surface area contributed by atoms with E-state index in [1.54, 1.807) is 16.2 Å². The van der Waals surface area contributed by atoms with Crippen LogP contribution in [0.2, 0.25) is 0 Å². The van der Waals surface area contributed by atoms with Crippen LogP contribution in [0.25, 0.3) is 0 Å². The van der Waals surface area contributed by atoms with Crippen LogP contribution >= 0.6 is 11.3 Å². The summed E-state index contributed by atoms with van der Waals surface area (Å²) < 4.78 is 5.77. The van der Waals surface area contributed by atoms with Gasteiger partial charge in [-0.2, -0.15) is 0 Å². The summed E-state index contributed by atoms with van der Waals surface area (Å²) in [5.74, 6) is 0.129. The van der Waals surface area contributed by atoms with Gasteiger partial charge in [-0.05, 0) is 55.0 Å². The van der Waals surface area contributed by atoms with Crippen molar-refractivity contribution in [3.63, 3.8) is 0 Å². The lowest BCUT2D eigenvalue weighted by atomic mass is 10.2. The van der Waals surface area contributed by atoms with E-state index in [-0.39, 0.29) is 17.9 Å². The largest absolute Gasteiger partial charge is 0.377 e. The molecule has 1 aromatic carbocycles. The predicted molar refractivity (Wildman–Crippen MR) is 115 cm³/mol. The van der Waals surface area contributed by atoms with Gasteiger partial charge < -0.3 is 15.0 Å². The predicted octanol–water partition coefficient (Wildman–Crippen LogP) is 3.49. The zero-order valence-electron chi connectivity index (χ0n) is 16.5. The van der Waals surface area contributed by atoms with Gasteiger partial charge in [0.2, 0.25) is 11.8 Å². The van der Waals surface area contributed by atoms with Crippen LogP contribution in [0.15, 0.2) is 41.8 Å². The maximum atomic E-state index is 12.7. The molecule has 2 amide bonds. The van der Waals surface area contributed by atoms with Crippen molar-refractivity contribution in [1.82, 2.24) is 4.90 Å². The standard InChI is InChI=1S/C22H27N3O3S/c26-21(23-17-7-9-18(10-8-17)25-11-1-6-22(25)27)16-24(14-19-4-2-12-28-19)15-20-5-3-13-29-20/h3,5,7-10,13,19H,1-2,4,6,11-12,14-16H2,(H,23,26). The molecule has 3 heterocycles. The number of hydrogen-bond acceptors (Lipinski definition) is 5. The third-order valence-corrected chi connectivity index (χ3v) is 6.21. The van der Waals surface area contributed by atoms with Crippen molar-refractivity contribution in [2.24, 2.45) is 0 Å². The number of nitrogens with zero attached hydrogens (tertiary/aromatic N) is 2. The van der Waals surface area contributed by atoms with E-state index in [1.807, 2.05) is 30.3 Å². The van der Waals surface area contributed by atoms with Crippen molar-refractivity contribution in [2.45, 2.75) is 38.3 Å². The number of hydrogen-bond donors (Lipinski definition) is 1. The number of carbonyl (C=O) groups is 2. The van der Waals surface area contributed by atoms with Gasteiger partial charge in [0.25, 0.3) is 0 Å². The highest BCUT2D eigenvalue weighted by Crippen LogP contribution is 2.23. The van der Waals surface area contributed by atoms with Gasteiger partial charge in [-0.25, -0.2) is 0 Å². The number of carbonyl (C=O) groups excluding carboxylic acids is 2. The minimum Gasteiger partial charge on any atom is -0.377 e. The molecule has 0 radical (unpaired) electrons. The van der Waals surface area contributed by atoms with Crippen LogP contribution in [-0.4, -0.2) is 49.1 Å². The minimum atomic E-state index is -0.0375. The first-order valence-electron chi connectivity index (χ1n) is 10.2. The Morgan fingerprint density at radius 2 is 2.10 bits per heavy atom. The summed E-state index contributed by atoms with van der Waals surface area (Å²) in [6.07, 6.45) is 3.88. The van der Waals surface area contributed by atoms with E-state index in [4.69, 9.17) is 4.74 Å². The fourth-order valence-corrected chi connectivity index (χ4v) is 4.68. The van der Waals surface area contributed by atoms with Gasteiger partial charge in [0.05, 0.1) is 12.6 Å². The fourth-order valence-electron chi connectivity index (χ4n) is 3.93. The van der Waals surface area contributed by atoms with Crippen molar-refractivity contribution in [3.05, 3.63) is 46.7 Å². The molecule has 1 N–H and O–H groups in total. The summed E-state index contributed by atoms with van der Waals surface area (Å²) in [7, 11) is 0. The van der Waals surface area contributed by atoms with Gasteiger partial charge in [0, 0.05) is 48.9 Å². The minimum absolute atomic E-state index is 0.0375. The molecule has 2 aromatic rings. The third-order valence-electron chi connectivity index (χ3n) is 5.35. The molecule has 6 nitrogen and oxygen atoms in total. The Labute approximate surface area is 175 Å². The Kier molecular flexibility index (Phi) is 6.59. The summed E-state index contributed by atoms with van der Waals surface area (Å²) in [6, 6.07) is 11.7. The number of amides is 2. The van der Waals surface area contributed by atoms with E-state index in [0.29, 0.717) is 13.0 Å². The van der Waals surface area contributed by atoms with E-state index < -0.39 is 0 Å². The molecule has 0 spiro atoms. The summed E-state index contributed by atoms with van der Waals surface area (Å²) in [6.45, 7) is 3.42. The molecule has 0 bridgehead atoms. The van der Waals surface area contributed by atoms with Crippen molar-refractivity contribution in [2.75, 3.05) is 36.5 Å². The molecular formula is C22H27N3O3S. The van der Waals surface area contributed by atoms with E-state index in [9.17, 15) is 9.59 Å². The van der Waals surface area contributed by atoms with Gasteiger partial charge in [0.1, 0.15) is 0 Å². The second-order valence-corrected chi connectivity index (χ2v) is 8.66. The first-order chi connectivity index (χ1) is 14.2. The van der Waals surface area contributed by atoms with E-state index in [0.717, 1.165) is 56.9 Å². The molecule has 7 heteroatoms.